The van der Waals surface area contributed by atoms with Crippen LogP contribution in [0.25, 0.3) is 0 Å². The van der Waals surface area contributed by atoms with Crippen molar-refractivity contribution in [2.75, 3.05) is 29.5 Å². The van der Waals surface area contributed by atoms with E-state index in [9.17, 15) is 0 Å². The lowest BCUT2D eigenvalue weighted by Crippen LogP contribution is -2.46. The average molecular weight is 208 g/mol. The molecule has 1 heterocycles. The second kappa shape index (κ2) is 4.71. The summed E-state index contributed by atoms with van der Waals surface area (Å²) >= 11 is 2.01. The Morgan fingerprint density at radius 2 is 2.00 bits per heavy atom. The van der Waals surface area contributed by atoms with Crippen molar-refractivity contribution < 1.29 is 0 Å². The zero-order chi connectivity index (χ0) is 9.80. The Labute approximate surface area is 89.5 Å². The zero-order valence-corrected chi connectivity index (χ0v) is 9.04. The average Bonchev–Trinajstić information content (AvgIpc) is 2.16. The van der Waals surface area contributed by atoms with E-state index in [4.69, 9.17) is 5.73 Å². The van der Waals surface area contributed by atoms with Crippen molar-refractivity contribution in [3.63, 3.8) is 0 Å². The van der Waals surface area contributed by atoms with Crippen LogP contribution in [0.5, 0.6) is 0 Å². The molecule has 0 amide bonds. The Morgan fingerprint density at radius 1 is 1.29 bits per heavy atom. The summed E-state index contributed by atoms with van der Waals surface area (Å²) < 4.78 is 0. The maximum Gasteiger partial charge on any atom is 0.0471 e. The van der Waals surface area contributed by atoms with E-state index < -0.39 is 0 Å². The standard InChI is InChI=1S/C11H16N2S/c12-6-7-13(11-8-14-9-11)10-4-2-1-3-5-10/h1-5,11H,6-9,12H2. The van der Waals surface area contributed by atoms with E-state index in [1.165, 1.54) is 17.2 Å². The molecule has 2 N–H and O–H groups in total. The minimum absolute atomic E-state index is 0.700. The van der Waals surface area contributed by atoms with E-state index in [0.29, 0.717) is 6.04 Å². The number of para-hydroxylation sites is 1. The first kappa shape index (κ1) is 9.87. The first-order valence-corrected chi connectivity index (χ1v) is 6.17. The molecule has 1 fully saturated rings. The normalized spacial score (nSPS) is 16.4. The molecule has 14 heavy (non-hydrogen) atoms. The number of benzene rings is 1. The Balaban J connectivity index is 2.09. The predicted octanol–water partition coefficient (Wildman–Crippen LogP) is 1.57. The molecule has 1 aromatic rings. The van der Waals surface area contributed by atoms with Crippen molar-refractivity contribution in [1.82, 2.24) is 0 Å². The Bertz CT molecular complexity index is 272. The number of anilines is 1. The molecule has 0 aliphatic carbocycles. The molecule has 0 radical (unpaired) electrons. The molecule has 0 aromatic heterocycles. The van der Waals surface area contributed by atoms with Crippen LogP contribution in [-0.4, -0.2) is 30.6 Å². The number of nitrogens with two attached hydrogens (primary N) is 1. The van der Waals surface area contributed by atoms with Gasteiger partial charge in [-0.2, -0.15) is 11.8 Å². The van der Waals surface area contributed by atoms with Gasteiger partial charge in [-0.15, -0.1) is 0 Å². The Kier molecular flexibility index (Phi) is 3.32. The third-order valence-corrected chi connectivity index (χ3v) is 3.76. The van der Waals surface area contributed by atoms with Gasteiger partial charge < -0.3 is 10.6 Å². The van der Waals surface area contributed by atoms with Gasteiger partial charge in [0.2, 0.25) is 0 Å². The molecule has 0 saturated carbocycles. The number of rotatable bonds is 4. The van der Waals surface area contributed by atoms with Crippen molar-refractivity contribution >= 4 is 17.4 Å². The highest BCUT2D eigenvalue weighted by atomic mass is 32.2. The maximum absolute atomic E-state index is 5.63. The smallest absolute Gasteiger partial charge is 0.0471 e. The van der Waals surface area contributed by atoms with Crippen LogP contribution in [0.15, 0.2) is 30.3 Å². The van der Waals surface area contributed by atoms with Crippen LogP contribution in [0.3, 0.4) is 0 Å². The lowest BCUT2D eigenvalue weighted by Gasteiger charge is -2.38. The molecular weight excluding hydrogens is 192 g/mol. The van der Waals surface area contributed by atoms with Gasteiger partial charge in [0.25, 0.3) is 0 Å². The van der Waals surface area contributed by atoms with Crippen LogP contribution in [0.1, 0.15) is 0 Å². The highest BCUT2D eigenvalue weighted by molar-refractivity contribution is 8.00. The van der Waals surface area contributed by atoms with E-state index in [2.05, 4.69) is 35.2 Å². The summed E-state index contributed by atoms with van der Waals surface area (Å²) in [7, 11) is 0. The van der Waals surface area contributed by atoms with Gasteiger partial charge in [0.05, 0.1) is 0 Å². The summed E-state index contributed by atoms with van der Waals surface area (Å²) in [6.07, 6.45) is 0. The van der Waals surface area contributed by atoms with E-state index in [-0.39, 0.29) is 0 Å². The van der Waals surface area contributed by atoms with Gasteiger partial charge in [0.1, 0.15) is 0 Å². The second-order valence-electron chi connectivity index (χ2n) is 3.51. The van der Waals surface area contributed by atoms with Crippen LogP contribution < -0.4 is 10.6 Å². The molecule has 1 aromatic carbocycles. The third-order valence-electron chi connectivity index (χ3n) is 2.52. The van der Waals surface area contributed by atoms with Crippen LogP contribution in [0.4, 0.5) is 5.69 Å². The zero-order valence-electron chi connectivity index (χ0n) is 8.23. The molecule has 2 nitrogen and oxygen atoms in total. The van der Waals surface area contributed by atoms with Crippen LogP contribution in [0.2, 0.25) is 0 Å². The molecule has 0 bridgehead atoms. The molecule has 76 valence electrons. The number of hydrogen-bond acceptors (Lipinski definition) is 3. The summed E-state index contributed by atoms with van der Waals surface area (Å²) in [5.41, 5.74) is 6.94. The molecule has 0 atom stereocenters. The second-order valence-corrected chi connectivity index (χ2v) is 4.58. The van der Waals surface area contributed by atoms with Crippen LogP contribution >= 0.6 is 11.8 Å². The van der Waals surface area contributed by atoms with Crippen molar-refractivity contribution in [1.29, 1.82) is 0 Å². The van der Waals surface area contributed by atoms with Gasteiger partial charge in [0.15, 0.2) is 0 Å². The van der Waals surface area contributed by atoms with Crippen molar-refractivity contribution in [2.45, 2.75) is 6.04 Å². The maximum atomic E-state index is 5.63. The largest absolute Gasteiger partial charge is 0.366 e. The minimum Gasteiger partial charge on any atom is -0.366 e. The summed E-state index contributed by atoms with van der Waals surface area (Å²) in [6.45, 7) is 1.70. The van der Waals surface area contributed by atoms with Gasteiger partial charge in [-0.3, -0.25) is 0 Å². The van der Waals surface area contributed by atoms with Gasteiger partial charge in [-0.25, -0.2) is 0 Å². The molecule has 1 saturated heterocycles. The fourth-order valence-electron chi connectivity index (χ4n) is 1.68. The quantitative estimate of drug-likeness (QED) is 0.814. The first-order chi connectivity index (χ1) is 6.92. The Morgan fingerprint density at radius 3 is 2.50 bits per heavy atom. The third kappa shape index (κ3) is 2.04. The highest BCUT2D eigenvalue weighted by Gasteiger charge is 2.24. The van der Waals surface area contributed by atoms with E-state index >= 15 is 0 Å². The van der Waals surface area contributed by atoms with Gasteiger partial charge in [-0.1, -0.05) is 18.2 Å². The number of nitrogens with zero attached hydrogens (tertiary/aromatic N) is 1. The monoisotopic (exact) mass is 208 g/mol. The van der Waals surface area contributed by atoms with Crippen molar-refractivity contribution in [3.05, 3.63) is 30.3 Å². The summed E-state index contributed by atoms with van der Waals surface area (Å²) in [5, 5.41) is 0. The van der Waals surface area contributed by atoms with Gasteiger partial charge in [-0.05, 0) is 12.1 Å². The molecule has 1 aliphatic rings. The van der Waals surface area contributed by atoms with Crippen LogP contribution in [0, 0.1) is 0 Å². The molecule has 1 aliphatic heterocycles. The van der Waals surface area contributed by atoms with Crippen molar-refractivity contribution in [3.8, 4) is 0 Å². The van der Waals surface area contributed by atoms with Gasteiger partial charge >= 0.3 is 0 Å². The molecule has 0 spiro atoms. The fourth-order valence-corrected chi connectivity index (χ4v) is 2.49. The Hall–Kier alpha value is -0.670. The van der Waals surface area contributed by atoms with E-state index in [1.807, 2.05) is 11.8 Å². The number of thioether (sulfide) groups is 1. The first-order valence-electron chi connectivity index (χ1n) is 5.01. The van der Waals surface area contributed by atoms with Crippen LogP contribution in [-0.2, 0) is 0 Å². The summed E-state index contributed by atoms with van der Waals surface area (Å²) in [6, 6.07) is 11.3. The molecule has 0 unspecified atom stereocenters. The summed E-state index contributed by atoms with van der Waals surface area (Å²) in [4.78, 5) is 2.43. The number of hydrogen-bond donors (Lipinski definition) is 1. The molecule has 2 rings (SSSR count). The van der Waals surface area contributed by atoms with Crippen molar-refractivity contribution in [2.24, 2.45) is 5.73 Å². The lowest BCUT2D eigenvalue weighted by atomic mass is 10.2. The van der Waals surface area contributed by atoms with Gasteiger partial charge in [0, 0.05) is 36.3 Å². The summed E-state index contributed by atoms with van der Waals surface area (Å²) in [5.74, 6) is 2.49. The topological polar surface area (TPSA) is 29.3 Å². The SMILES string of the molecule is NCCN(c1ccccc1)C1CSC1. The van der Waals surface area contributed by atoms with E-state index in [0.717, 1.165) is 13.1 Å². The molecular formula is C11H16N2S. The molecule has 3 heteroatoms. The fraction of sp³-hybridized carbons (Fsp3) is 0.455. The van der Waals surface area contributed by atoms with E-state index in [1.54, 1.807) is 0 Å². The highest BCUT2D eigenvalue weighted by Crippen LogP contribution is 2.27. The minimum atomic E-state index is 0.700. The lowest BCUT2D eigenvalue weighted by molar-refractivity contribution is 0.677. The predicted molar refractivity (Wildman–Crippen MR) is 64.0 cm³/mol.